The average molecular weight is 355 g/mol. The molecule has 0 amide bonds. The minimum atomic E-state index is -4.77. The highest BCUT2D eigenvalue weighted by Crippen LogP contribution is 2.28. The van der Waals surface area contributed by atoms with E-state index in [9.17, 15) is 18.0 Å². The van der Waals surface area contributed by atoms with E-state index in [1.807, 2.05) is 13.8 Å². The smallest absolute Gasteiger partial charge is 0.478 e. The van der Waals surface area contributed by atoms with Crippen molar-refractivity contribution >= 4 is 11.9 Å². The third-order valence-corrected chi connectivity index (χ3v) is 3.24. The van der Waals surface area contributed by atoms with Crippen molar-refractivity contribution in [1.82, 2.24) is 9.97 Å². The molecule has 9 heteroatoms. The van der Waals surface area contributed by atoms with Gasteiger partial charge in [-0.2, -0.15) is 0 Å². The molecule has 0 unspecified atom stereocenters. The van der Waals surface area contributed by atoms with E-state index in [1.165, 1.54) is 12.1 Å². The van der Waals surface area contributed by atoms with Crippen LogP contribution in [0.15, 0.2) is 30.6 Å². The van der Waals surface area contributed by atoms with Gasteiger partial charge in [0, 0.05) is 18.9 Å². The molecule has 0 radical (unpaired) electrons. The van der Waals surface area contributed by atoms with Crippen LogP contribution >= 0.6 is 0 Å². The van der Waals surface area contributed by atoms with Gasteiger partial charge in [-0.15, -0.1) is 13.2 Å². The molecule has 1 aromatic carbocycles. The zero-order valence-corrected chi connectivity index (χ0v) is 13.5. The van der Waals surface area contributed by atoms with Gasteiger partial charge in [0.25, 0.3) is 0 Å². The number of hydrogen-bond acceptors (Lipinski definition) is 5. The van der Waals surface area contributed by atoms with Gasteiger partial charge in [-0.25, -0.2) is 14.8 Å². The summed E-state index contributed by atoms with van der Waals surface area (Å²) in [6.45, 7) is 3.87. The summed E-state index contributed by atoms with van der Waals surface area (Å²) in [7, 11) is 0. The van der Waals surface area contributed by atoms with Crippen LogP contribution in [-0.2, 0) is 6.54 Å². The number of hydrogen-bond donors (Lipinski definition) is 2. The molecule has 0 saturated carbocycles. The van der Waals surface area contributed by atoms with Crippen molar-refractivity contribution < 1.29 is 27.8 Å². The van der Waals surface area contributed by atoms with Crippen molar-refractivity contribution in [2.75, 3.05) is 5.32 Å². The number of carbonyl (C=O) groups is 1. The first-order valence-electron chi connectivity index (χ1n) is 7.33. The first-order chi connectivity index (χ1) is 11.6. The summed E-state index contributed by atoms with van der Waals surface area (Å²) in [5.74, 6) is -1.26. The van der Waals surface area contributed by atoms with E-state index in [0.29, 0.717) is 11.1 Å². The molecule has 1 aromatic heterocycles. The van der Waals surface area contributed by atoms with E-state index in [2.05, 4.69) is 20.0 Å². The molecule has 0 fully saturated rings. The zero-order chi connectivity index (χ0) is 18.6. The Balaban J connectivity index is 2.15. The first-order valence-corrected chi connectivity index (χ1v) is 7.33. The van der Waals surface area contributed by atoms with Gasteiger partial charge in [-0.3, -0.25) is 0 Å². The number of carboxylic acid groups (broad SMARTS) is 1. The van der Waals surface area contributed by atoms with E-state index in [1.54, 1.807) is 6.07 Å². The lowest BCUT2D eigenvalue weighted by Crippen LogP contribution is -2.17. The Hall–Kier alpha value is -2.84. The van der Waals surface area contributed by atoms with Crippen LogP contribution in [0.1, 0.15) is 41.3 Å². The second-order valence-electron chi connectivity index (χ2n) is 5.57. The highest BCUT2D eigenvalue weighted by Gasteiger charge is 2.31. The fourth-order valence-corrected chi connectivity index (χ4v) is 2.02. The van der Waals surface area contributed by atoms with E-state index in [4.69, 9.17) is 5.11 Å². The van der Waals surface area contributed by atoms with Crippen molar-refractivity contribution in [3.8, 4) is 5.75 Å². The predicted octanol–water partition coefficient (Wildman–Crippen LogP) is 3.81. The van der Waals surface area contributed by atoms with Crippen LogP contribution in [0, 0.1) is 0 Å². The van der Waals surface area contributed by atoms with E-state index in [-0.39, 0.29) is 29.7 Å². The predicted molar refractivity (Wildman–Crippen MR) is 83.5 cm³/mol. The van der Waals surface area contributed by atoms with Gasteiger partial charge >= 0.3 is 12.3 Å². The monoisotopic (exact) mass is 355 g/mol. The third-order valence-electron chi connectivity index (χ3n) is 3.24. The Morgan fingerprint density at radius 3 is 2.40 bits per heavy atom. The van der Waals surface area contributed by atoms with E-state index < -0.39 is 12.3 Å². The molecule has 0 saturated heterocycles. The third kappa shape index (κ3) is 5.63. The van der Waals surface area contributed by atoms with E-state index in [0.717, 1.165) is 12.4 Å². The number of alkyl halides is 3. The van der Waals surface area contributed by atoms with Crippen LogP contribution in [0.4, 0.5) is 19.1 Å². The number of aromatic carboxylic acids is 1. The van der Waals surface area contributed by atoms with Crippen molar-refractivity contribution in [3.63, 3.8) is 0 Å². The number of aromatic nitrogens is 2. The molecule has 0 atom stereocenters. The van der Waals surface area contributed by atoms with E-state index >= 15 is 0 Å². The molecule has 2 N–H and O–H groups in total. The van der Waals surface area contributed by atoms with Crippen LogP contribution in [-0.4, -0.2) is 27.4 Å². The summed E-state index contributed by atoms with van der Waals surface area (Å²) in [4.78, 5) is 18.4. The molecular formula is C16H16F3N3O3. The van der Waals surface area contributed by atoms with Gasteiger partial charge in [0.15, 0.2) is 0 Å². The zero-order valence-electron chi connectivity index (χ0n) is 13.5. The number of ether oxygens (including phenoxy) is 1. The summed E-state index contributed by atoms with van der Waals surface area (Å²) >= 11 is 0. The maximum absolute atomic E-state index is 12.5. The minimum absolute atomic E-state index is 0.0154. The molecule has 0 aliphatic rings. The summed E-state index contributed by atoms with van der Waals surface area (Å²) in [6, 6.07) is 4.38. The molecule has 1 heterocycles. The molecule has 6 nitrogen and oxygen atoms in total. The number of anilines is 1. The van der Waals surface area contributed by atoms with Crippen LogP contribution < -0.4 is 10.1 Å². The number of benzene rings is 1. The number of rotatable bonds is 6. The van der Waals surface area contributed by atoms with Gasteiger partial charge in [0.2, 0.25) is 5.95 Å². The van der Waals surface area contributed by atoms with Crippen molar-refractivity contribution in [2.45, 2.75) is 32.7 Å². The summed E-state index contributed by atoms with van der Waals surface area (Å²) in [5.41, 5.74) is 1.19. The van der Waals surface area contributed by atoms with Crippen LogP contribution in [0.2, 0.25) is 0 Å². The van der Waals surface area contributed by atoms with Crippen LogP contribution in [0.3, 0.4) is 0 Å². The number of carboxylic acids is 1. The van der Waals surface area contributed by atoms with Gasteiger partial charge < -0.3 is 15.2 Å². The summed E-state index contributed by atoms with van der Waals surface area (Å²) in [6.07, 6.45) is -2.49. The highest BCUT2D eigenvalue weighted by atomic mass is 19.4. The molecule has 0 bridgehead atoms. The van der Waals surface area contributed by atoms with Crippen LogP contribution in [0.5, 0.6) is 5.75 Å². The van der Waals surface area contributed by atoms with Crippen molar-refractivity contribution in [3.05, 3.63) is 47.3 Å². The Bertz CT molecular complexity index is 747. The summed E-state index contributed by atoms with van der Waals surface area (Å²) < 4.78 is 41.4. The first kappa shape index (κ1) is 18.5. The fourth-order valence-electron chi connectivity index (χ4n) is 2.02. The van der Waals surface area contributed by atoms with Gasteiger partial charge in [-0.1, -0.05) is 19.9 Å². The Morgan fingerprint density at radius 1 is 1.24 bits per heavy atom. The number of nitrogens with zero attached hydrogens (tertiary/aromatic N) is 2. The van der Waals surface area contributed by atoms with Gasteiger partial charge in [0.05, 0.1) is 5.56 Å². The second-order valence-corrected chi connectivity index (χ2v) is 5.57. The largest absolute Gasteiger partial charge is 0.573 e. The fraction of sp³-hybridized carbons (Fsp3) is 0.312. The molecule has 25 heavy (non-hydrogen) atoms. The lowest BCUT2D eigenvalue weighted by molar-refractivity contribution is -0.274. The maximum Gasteiger partial charge on any atom is 0.573 e. The van der Waals surface area contributed by atoms with Crippen LogP contribution in [0.25, 0.3) is 0 Å². The minimum Gasteiger partial charge on any atom is -0.478 e. The lowest BCUT2D eigenvalue weighted by Gasteiger charge is -2.14. The summed E-state index contributed by atoms with van der Waals surface area (Å²) in [5, 5.41) is 11.6. The van der Waals surface area contributed by atoms with Gasteiger partial charge in [0.1, 0.15) is 5.75 Å². The van der Waals surface area contributed by atoms with Crippen molar-refractivity contribution in [1.29, 1.82) is 0 Å². The molecule has 2 rings (SSSR count). The Labute approximate surface area is 141 Å². The normalized spacial score (nSPS) is 11.4. The molecule has 2 aromatic rings. The standard InChI is InChI=1S/C16H16F3N3O3/c1-9(2)11-3-10(4-13(5-11)25-16(17,18)19)6-20-15-21-7-12(8-22-15)14(23)24/h3-5,7-9H,6H2,1-2H3,(H,23,24)(H,20,21,22). The van der Waals surface area contributed by atoms with Gasteiger partial charge in [-0.05, 0) is 29.2 Å². The highest BCUT2D eigenvalue weighted by molar-refractivity contribution is 5.86. The molecule has 0 aliphatic heterocycles. The molecule has 134 valence electrons. The molecule has 0 aliphatic carbocycles. The number of halogens is 3. The topological polar surface area (TPSA) is 84.3 Å². The quantitative estimate of drug-likeness (QED) is 0.820. The Morgan fingerprint density at radius 2 is 1.88 bits per heavy atom. The number of nitrogens with one attached hydrogen (secondary N) is 1. The SMILES string of the molecule is CC(C)c1cc(CNc2ncc(C(=O)O)cn2)cc(OC(F)(F)F)c1. The van der Waals surface area contributed by atoms with Crippen molar-refractivity contribution in [2.24, 2.45) is 0 Å². The molecular weight excluding hydrogens is 339 g/mol. The molecule has 0 spiro atoms. The average Bonchev–Trinajstić information content (AvgIpc) is 2.51. The lowest BCUT2D eigenvalue weighted by atomic mass is 10.0. The Kier molecular flexibility index (Phi) is 5.45. The second kappa shape index (κ2) is 7.37. The maximum atomic E-state index is 12.5.